The summed E-state index contributed by atoms with van der Waals surface area (Å²) < 4.78 is 13.1. The molecule has 2 heteroatoms. The van der Waals surface area contributed by atoms with Crippen molar-refractivity contribution < 1.29 is 4.39 Å². The van der Waals surface area contributed by atoms with E-state index in [1.54, 1.807) is 43.1 Å². The Balaban J connectivity index is 1.15. The molecule has 2 aromatic carbocycles. The molecule has 1 aliphatic heterocycles. The highest BCUT2D eigenvalue weighted by molar-refractivity contribution is 6.58. The molecule has 0 atom stereocenters. The van der Waals surface area contributed by atoms with Gasteiger partial charge in [0.1, 0.15) is 5.82 Å². The average molecular weight is 451 g/mol. The summed E-state index contributed by atoms with van der Waals surface area (Å²) in [6, 6.07) is 20.7. The maximum Gasteiger partial charge on any atom is 0.123 e. The van der Waals surface area contributed by atoms with Crippen molar-refractivity contribution in [2.45, 2.75) is 95.7 Å². The number of rotatable bonds is 9. The molecule has 0 nitrogen and oxygen atoms in total. The molecule has 2 aromatic rings. The van der Waals surface area contributed by atoms with Gasteiger partial charge in [-0.1, -0.05) is 106 Å². The number of aryl methyl sites for hydroxylation is 1. The van der Waals surface area contributed by atoms with E-state index in [9.17, 15) is 4.39 Å². The Morgan fingerprint density at radius 1 is 0.750 bits per heavy atom. The largest absolute Gasteiger partial charge is 0.207 e. The molecule has 32 heavy (non-hydrogen) atoms. The first kappa shape index (κ1) is 23.7. The first-order valence-electron chi connectivity index (χ1n) is 13.6. The van der Waals surface area contributed by atoms with E-state index >= 15 is 0 Å². The number of benzene rings is 2. The monoisotopic (exact) mass is 450 g/mol. The second-order valence-corrected chi connectivity index (χ2v) is 14.3. The summed E-state index contributed by atoms with van der Waals surface area (Å²) in [5.74, 6) is 2.89. The molecular formula is C30H43FSi. The van der Waals surface area contributed by atoms with Crippen molar-refractivity contribution in [1.82, 2.24) is 0 Å². The van der Waals surface area contributed by atoms with Crippen molar-refractivity contribution in [3.63, 3.8) is 0 Å². The van der Waals surface area contributed by atoms with Crippen LogP contribution in [0.2, 0.25) is 18.1 Å². The van der Waals surface area contributed by atoms with Crippen molar-refractivity contribution in [1.29, 1.82) is 0 Å². The van der Waals surface area contributed by atoms with Crippen molar-refractivity contribution in [2.24, 2.45) is 17.8 Å². The van der Waals surface area contributed by atoms with Crippen molar-refractivity contribution >= 4 is 8.80 Å². The minimum absolute atomic E-state index is 0.169. The second kappa shape index (κ2) is 12.2. The fourth-order valence-corrected chi connectivity index (χ4v) is 9.99. The van der Waals surface area contributed by atoms with Crippen LogP contribution in [0.5, 0.6) is 0 Å². The van der Waals surface area contributed by atoms with Gasteiger partial charge >= 0.3 is 0 Å². The van der Waals surface area contributed by atoms with Crippen molar-refractivity contribution in [3.05, 3.63) is 59.9 Å². The van der Waals surface area contributed by atoms with Crippen LogP contribution >= 0.6 is 0 Å². The van der Waals surface area contributed by atoms with Gasteiger partial charge in [0.15, 0.2) is 0 Å². The number of hydrogen-bond acceptors (Lipinski definition) is 0. The molecule has 0 aromatic heterocycles. The molecule has 0 unspecified atom stereocenters. The van der Waals surface area contributed by atoms with Crippen LogP contribution in [0.25, 0.3) is 11.1 Å². The topological polar surface area (TPSA) is 0 Å². The van der Waals surface area contributed by atoms with Gasteiger partial charge in [-0.2, -0.15) is 0 Å². The van der Waals surface area contributed by atoms with Crippen LogP contribution in [-0.2, 0) is 6.42 Å². The Labute approximate surface area is 197 Å². The zero-order valence-electron chi connectivity index (χ0n) is 20.2. The van der Waals surface area contributed by atoms with Gasteiger partial charge in [0.2, 0.25) is 0 Å². The molecule has 174 valence electrons. The van der Waals surface area contributed by atoms with E-state index in [4.69, 9.17) is 0 Å². The van der Waals surface area contributed by atoms with Gasteiger partial charge in [-0.05, 0) is 72.3 Å². The summed E-state index contributed by atoms with van der Waals surface area (Å²) in [4.78, 5) is 0. The first-order chi connectivity index (χ1) is 15.7. The predicted molar refractivity (Wildman–Crippen MR) is 139 cm³/mol. The summed E-state index contributed by atoms with van der Waals surface area (Å²) in [6.45, 7) is 2.33. The van der Waals surface area contributed by atoms with Gasteiger partial charge in [0.25, 0.3) is 0 Å². The standard InChI is InChI=1S/C30H43FSi/c1-2-3-4-21-32-22-19-29(20-23-32)27-13-9-25(10-14-27)6-5-24-7-11-26(12-8-24)28-15-17-30(31)18-16-28/h7-8,11-12,15-18,25,27,29,32H,2-6,9-10,13-14,19-23H2,1H3. The van der Waals surface area contributed by atoms with Crippen molar-refractivity contribution in [2.75, 3.05) is 0 Å². The highest BCUT2D eigenvalue weighted by atomic mass is 28.3. The number of hydrogen-bond donors (Lipinski definition) is 0. The number of halogens is 1. The van der Waals surface area contributed by atoms with Crippen molar-refractivity contribution in [3.8, 4) is 11.1 Å². The summed E-state index contributed by atoms with van der Waals surface area (Å²) in [7, 11) is -0.352. The van der Waals surface area contributed by atoms with E-state index in [1.165, 1.54) is 68.9 Å². The molecule has 1 saturated carbocycles. The van der Waals surface area contributed by atoms with Gasteiger partial charge in [-0.3, -0.25) is 0 Å². The first-order valence-corrected chi connectivity index (χ1v) is 16.0. The average Bonchev–Trinajstić information content (AvgIpc) is 2.85. The van der Waals surface area contributed by atoms with E-state index < -0.39 is 0 Å². The molecule has 4 rings (SSSR count). The maximum atomic E-state index is 13.1. The summed E-state index contributed by atoms with van der Waals surface area (Å²) >= 11 is 0. The fourth-order valence-electron chi connectivity index (χ4n) is 6.46. The van der Waals surface area contributed by atoms with Crippen LogP contribution < -0.4 is 0 Å². The van der Waals surface area contributed by atoms with Gasteiger partial charge in [0.05, 0.1) is 0 Å². The predicted octanol–water partition coefficient (Wildman–Crippen LogP) is 9.06. The lowest BCUT2D eigenvalue weighted by Crippen LogP contribution is -2.28. The molecule has 1 heterocycles. The van der Waals surface area contributed by atoms with E-state index in [-0.39, 0.29) is 14.6 Å². The van der Waals surface area contributed by atoms with Gasteiger partial charge in [-0.15, -0.1) is 0 Å². The molecule has 0 radical (unpaired) electrons. The molecular weight excluding hydrogens is 407 g/mol. The third-order valence-electron chi connectivity index (χ3n) is 8.64. The third kappa shape index (κ3) is 6.79. The zero-order chi connectivity index (χ0) is 22.2. The quantitative estimate of drug-likeness (QED) is 0.264. The van der Waals surface area contributed by atoms with Gasteiger partial charge in [-0.25, -0.2) is 4.39 Å². The second-order valence-electron chi connectivity index (χ2n) is 10.8. The van der Waals surface area contributed by atoms with Gasteiger partial charge < -0.3 is 0 Å². The minimum atomic E-state index is -0.352. The smallest absolute Gasteiger partial charge is 0.123 e. The Morgan fingerprint density at radius 2 is 1.34 bits per heavy atom. The normalized spacial score (nSPS) is 26.2. The van der Waals surface area contributed by atoms with E-state index in [0.29, 0.717) is 0 Å². The molecule has 1 aliphatic carbocycles. The van der Waals surface area contributed by atoms with Crippen LogP contribution in [0.3, 0.4) is 0 Å². The van der Waals surface area contributed by atoms with Crippen LogP contribution in [0.1, 0.15) is 76.7 Å². The minimum Gasteiger partial charge on any atom is -0.207 e. The molecule has 0 spiro atoms. The van der Waals surface area contributed by atoms with Gasteiger partial charge in [0, 0.05) is 8.80 Å². The zero-order valence-corrected chi connectivity index (χ0v) is 21.4. The third-order valence-corrected chi connectivity index (χ3v) is 12.2. The Bertz CT molecular complexity index is 781. The van der Waals surface area contributed by atoms with E-state index in [2.05, 4.69) is 31.2 Å². The summed E-state index contributed by atoms with van der Waals surface area (Å²) in [5, 5.41) is 0. The van der Waals surface area contributed by atoms with E-state index in [1.807, 2.05) is 12.1 Å². The highest BCUT2D eigenvalue weighted by Crippen LogP contribution is 2.42. The molecule has 0 N–H and O–H groups in total. The Kier molecular flexibility index (Phi) is 9.02. The Morgan fingerprint density at radius 3 is 1.97 bits per heavy atom. The SMILES string of the molecule is CCCCC[SiH]1CCC(C2CCC(CCc3ccc(-c4ccc(F)cc4)cc3)CC2)CC1. The van der Waals surface area contributed by atoms with Crippen LogP contribution in [-0.4, -0.2) is 8.80 Å². The Hall–Kier alpha value is -1.41. The summed E-state index contributed by atoms with van der Waals surface area (Å²) in [5.41, 5.74) is 3.72. The lowest BCUT2D eigenvalue weighted by Gasteiger charge is -2.37. The summed E-state index contributed by atoms with van der Waals surface area (Å²) in [6.07, 6.45) is 16.0. The van der Waals surface area contributed by atoms with E-state index in [0.717, 1.165) is 23.3 Å². The molecule has 2 fully saturated rings. The highest BCUT2D eigenvalue weighted by Gasteiger charge is 2.30. The lowest BCUT2D eigenvalue weighted by atomic mass is 9.73. The molecule has 1 saturated heterocycles. The number of unbranched alkanes of at least 4 members (excludes halogenated alkanes) is 2. The molecule has 0 amide bonds. The van der Waals surface area contributed by atoms with Crippen LogP contribution in [0.4, 0.5) is 4.39 Å². The van der Waals surface area contributed by atoms with Crippen LogP contribution in [0.15, 0.2) is 48.5 Å². The maximum absolute atomic E-state index is 13.1. The van der Waals surface area contributed by atoms with Crippen LogP contribution in [0, 0.1) is 23.6 Å². The molecule has 2 aliphatic rings. The lowest BCUT2D eigenvalue weighted by molar-refractivity contribution is 0.186. The molecule has 0 bridgehead atoms. The fraction of sp³-hybridized carbons (Fsp3) is 0.600.